The van der Waals surface area contributed by atoms with Gasteiger partial charge in [-0.25, -0.2) is 19.5 Å². The number of nitrogen functional groups attached to an aromatic ring is 1. The number of imidazole rings is 1. The molecule has 1 aliphatic heterocycles. The lowest BCUT2D eigenvalue weighted by Gasteiger charge is -2.21. The molecule has 0 bridgehead atoms. The van der Waals surface area contributed by atoms with E-state index >= 15 is 0 Å². The number of hydrogen-bond acceptors (Lipinski definition) is 10. The van der Waals surface area contributed by atoms with Crippen molar-refractivity contribution in [2.24, 2.45) is 0 Å². The molecule has 1 fully saturated rings. The van der Waals surface area contributed by atoms with Crippen LogP contribution in [-0.4, -0.2) is 63.3 Å². The zero-order valence-electron chi connectivity index (χ0n) is 12.7. The van der Waals surface area contributed by atoms with Gasteiger partial charge in [0.15, 0.2) is 17.7 Å². The van der Waals surface area contributed by atoms with Crippen LogP contribution in [0, 0.1) is 6.92 Å². The molecule has 0 saturated carbocycles. The molecule has 3 rings (SSSR count). The number of ether oxygens (including phenoxy) is 1. The van der Waals surface area contributed by atoms with Crippen molar-refractivity contribution in [3.05, 3.63) is 12.2 Å². The van der Waals surface area contributed by atoms with E-state index in [1.54, 1.807) is 6.92 Å². The maximum atomic E-state index is 10.9. The molecule has 0 aliphatic carbocycles. The maximum absolute atomic E-state index is 10.9. The quantitative estimate of drug-likeness (QED) is 0.206. The first kappa shape index (κ1) is 18.5. The standard InChI is InChI=1S/C11H16N5O7PS/c1-3-14-8(12)4-9(15-3)16(2-13-4)10-6(18)5(17)7(22-10)11(25)23-24(19,20)21/h2,5-7,10-11,17-18,25H,1H3,(H2,12,14,15)(H2,19,20,21)/t5-,6+,7-,10+,11?/m0/s1. The third kappa shape index (κ3) is 3.50. The molecule has 1 unspecified atom stereocenters. The Hall–Kier alpha value is -1.31. The molecular weight excluding hydrogens is 377 g/mol. The Morgan fingerprint density at radius 1 is 1.40 bits per heavy atom. The molecule has 14 heteroatoms. The topological polar surface area (TPSA) is 186 Å². The average Bonchev–Trinajstić information content (AvgIpc) is 3.00. The predicted molar refractivity (Wildman–Crippen MR) is 86.3 cm³/mol. The molecule has 6 N–H and O–H groups in total. The highest BCUT2D eigenvalue weighted by Gasteiger charge is 2.48. The molecule has 5 atom stereocenters. The van der Waals surface area contributed by atoms with Crippen molar-refractivity contribution < 1.29 is 33.8 Å². The molecule has 3 heterocycles. The molecule has 25 heavy (non-hydrogen) atoms. The van der Waals surface area contributed by atoms with Gasteiger partial charge in [-0.15, -0.1) is 12.6 Å². The van der Waals surface area contributed by atoms with Crippen LogP contribution in [-0.2, 0) is 13.8 Å². The van der Waals surface area contributed by atoms with E-state index < -0.39 is 37.8 Å². The Kier molecular flexibility index (Phi) is 4.77. The van der Waals surface area contributed by atoms with Crippen LogP contribution in [0.3, 0.4) is 0 Å². The summed E-state index contributed by atoms with van der Waals surface area (Å²) < 4.78 is 22.2. The Labute approximate surface area is 146 Å². The molecule has 138 valence electrons. The normalized spacial score (nSPS) is 28.6. The molecule has 2 aromatic rings. The van der Waals surface area contributed by atoms with Crippen LogP contribution < -0.4 is 5.73 Å². The lowest BCUT2D eigenvalue weighted by Crippen LogP contribution is -2.37. The van der Waals surface area contributed by atoms with Crippen LogP contribution in [0.4, 0.5) is 5.82 Å². The van der Waals surface area contributed by atoms with Gasteiger partial charge in [0.05, 0.1) is 6.33 Å². The highest BCUT2D eigenvalue weighted by atomic mass is 32.1. The van der Waals surface area contributed by atoms with Gasteiger partial charge in [-0.2, -0.15) is 0 Å². The second kappa shape index (κ2) is 6.45. The molecule has 0 amide bonds. The fourth-order valence-electron chi connectivity index (χ4n) is 2.59. The third-order valence-corrected chi connectivity index (χ3v) is 4.70. The van der Waals surface area contributed by atoms with E-state index in [0.29, 0.717) is 5.82 Å². The van der Waals surface area contributed by atoms with Gasteiger partial charge in [-0.1, -0.05) is 0 Å². The first-order valence-corrected chi connectivity index (χ1v) is 9.03. The SMILES string of the molecule is Cc1nc(N)c2ncn([C@@H]3O[C@H](C(S)OP(=O)(O)O)[C@@H](O)[C@H]3O)c2n1. The minimum atomic E-state index is -4.86. The Morgan fingerprint density at radius 3 is 2.72 bits per heavy atom. The summed E-state index contributed by atoms with van der Waals surface area (Å²) in [4.78, 5) is 29.9. The minimum absolute atomic E-state index is 0.141. The second-order valence-electron chi connectivity index (χ2n) is 5.44. The second-order valence-corrected chi connectivity index (χ2v) is 7.14. The molecule has 12 nitrogen and oxygen atoms in total. The number of hydrogen-bond donors (Lipinski definition) is 6. The van der Waals surface area contributed by atoms with Crippen molar-refractivity contribution in [3.8, 4) is 0 Å². The van der Waals surface area contributed by atoms with Gasteiger partial charge in [0.1, 0.15) is 35.1 Å². The molecule has 1 saturated heterocycles. The number of phosphoric acid groups is 1. The number of thiol groups is 1. The monoisotopic (exact) mass is 393 g/mol. The molecule has 2 aromatic heterocycles. The van der Waals surface area contributed by atoms with E-state index in [0.717, 1.165) is 0 Å². The molecule has 1 aliphatic rings. The summed E-state index contributed by atoms with van der Waals surface area (Å²) in [5.74, 6) is 0.510. The summed E-state index contributed by atoms with van der Waals surface area (Å²) in [6, 6.07) is 0. The van der Waals surface area contributed by atoms with Crippen molar-refractivity contribution >= 4 is 37.4 Å². The van der Waals surface area contributed by atoms with Crippen LogP contribution in [0.1, 0.15) is 12.1 Å². The zero-order valence-corrected chi connectivity index (χ0v) is 14.5. The Bertz CT molecular complexity index is 844. The number of aliphatic hydroxyl groups excluding tert-OH is 2. The summed E-state index contributed by atoms with van der Waals surface area (Å²) in [6.07, 6.45) is -4.12. The van der Waals surface area contributed by atoms with Crippen molar-refractivity contribution in [2.75, 3.05) is 5.73 Å². The van der Waals surface area contributed by atoms with Gasteiger partial charge in [0, 0.05) is 0 Å². The zero-order chi connectivity index (χ0) is 18.5. The number of anilines is 1. The van der Waals surface area contributed by atoms with Gasteiger partial charge >= 0.3 is 7.82 Å². The van der Waals surface area contributed by atoms with Crippen LogP contribution in [0.5, 0.6) is 0 Å². The van der Waals surface area contributed by atoms with Crippen molar-refractivity contribution in [1.82, 2.24) is 19.5 Å². The van der Waals surface area contributed by atoms with Crippen molar-refractivity contribution in [1.29, 1.82) is 0 Å². The van der Waals surface area contributed by atoms with Crippen LogP contribution in [0.2, 0.25) is 0 Å². The predicted octanol–water partition coefficient (Wildman–Crippen LogP) is -1.30. The van der Waals surface area contributed by atoms with E-state index in [2.05, 4.69) is 32.1 Å². The largest absolute Gasteiger partial charge is 0.470 e. The number of nitrogens with zero attached hydrogens (tertiary/aromatic N) is 4. The number of fused-ring (bicyclic) bond motifs is 1. The van der Waals surface area contributed by atoms with E-state index in [-0.39, 0.29) is 17.0 Å². The van der Waals surface area contributed by atoms with Gasteiger partial charge < -0.3 is 30.5 Å². The van der Waals surface area contributed by atoms with Gasteiger partial charge in [-0.3, -0.25) is 9.09 Å². The molecule has 0 radical (unpaired) electrons. The summed E-state index contributed by atoms with van der Waals surface area (Å²) in [5.41, 5.74) is 4.85. The average molecular weight is 393 g/mol. The molecule has 0 aromatic carbocycles. The summed E-state index contributed by atoms with van der Waals surface area (Å²) in [5, 5.41) is 20.4. The van der Waals surface area contributed by atoms with Gasteiger partial charge in [-0.05, 0) is 6.92 Å². The van der Waals surface area contributed by atoms with Crippen LogP contribution in [0.15, 0.2) is 6.33 Å². The number of aromatic nitrogens is 4. The van der Waals surface area contributed by atoms with Crippen molar-refractivity contribution in [3.63, 3.8) is 0 Å². The van der Waals surface area contributed by atoms with Gasteiger partial charge in [0.2, 0.25) is 0 Å². The molecular formula is C11H16N5O7PS. The smallest absolute Gasteiger partial charge is 0.387 e. The van der Waals surface area contributed by atoms with Crippen LogP contribution in [0.25, 0.3) is 11.2 Å². The first-order chi connectivity index (χ1) is 11.6. The third-order valence-electron chi connectivity index (χ3n) is 3.64. The Balaban J connectivity index is 1.93. The highest BCUT2D eigenvalue weighted by molar-refractivity contribution is 7.81. The van der Waals surface area contributed by atoms with E-state index in [1.165, 1.54) is 10.9 Å². The van der Waals surface area contributed by atoms with E-state index in [1.807, 2.05) is 0 Å². The lowest BCUT2D eigenvalue weighted by atomic mass is 10.1. The molecule has 0 spiro atoms. The summed E-state index contributed by atoms with van der Waals surface area (Å²) in [6.45, 7) is 1.62. The van der Waals surface area contributed by atoms with Crippen LogP contribution >= 0.6 is 20.5 Å². The number of rotatable bonds is 4. The number of aliphatic hydroxyl groups is 2. The van der Waals surface area contributed by atoms with E-state index in [9.17, 15) is 14.8 Å². The maximum Gasteiger partial charge on any atom is 0.470 e. The minimum Gasteiger partial charge on any atom is -0.387 e. The number of phosphoric ester groups is 1. The van der Waals surface area contributed by atoms with Gasteiger partial charge in [0.25, 0.3) is 0 Å². The first-order valence-electron chi connectivity index (χ1n) is 6.99. The van der Waals surface area contributed by atoms with E-state index in [4.69, 9.17) is 20.3 Å². The van der Waals surface area contributed by atoms with Crippen molar-refractivity contribution in [2.45, 2.75) is 36.9 Å². The highest BCUT2D eigenvalue weighted by Crippen LogP contribution is 2.43. The number of nitrogens with two attached hydrogens (primary N) is 1. The fraction of sp³-hybridized carbons (Fsp3) is 0.545. The lowest BCUT2D eigenvalue weighted by molar-refractivity contribution is -0.0579. The Morgan fingerprint density at radius 2 is 2.08 bits per heavy atom. The number of aryl methyl sites for hydroxylation is 1. The fourth-order valence-corrected chi connectivity index (χ4v) is 3.61. The summed E-state index contributed by atoms with van der Waals surface area (Å²) in [7, 11) is -4.86. The summed E-state index contributed by atoms with van der Waals surface area (Å²) >= 11 is 3.88.